The van der Waals surface area contributed by atoms with Gasteiger partial charge in [0, 0.05) is 51.1 Å². The maximum Gasteiger partial charge on any atom is 0.225 e. The normalized spacial score (nSPS) is 27.2. The second kappa shape index (κ2) is 8.71. The number of carbonyl (C=O) groups excluding carboxylic acids is 1. The van der Waals surface area contributed by atoms with Crippen LogP contribution >= 0.6 is 0 Å². The number of hydrogen-bond donors (Lipinski definition) is 0. The van der Waals surface area contributed by atoms with Gasteiger partial charge in [0.1, 0.15) is 5.75 Å². The van der Waals surface area contributed by atoms with Crippen molar-refractivity contribution in [2.75, 3.05) is 57.4 Å². The van der Waals surface area contributed by atoms with Gasteiger partial charge in [0.15, 0.2) is 9.84 Å². The molecule has 0 aliphatic carbocycles. The van der Waals surface area contributed by atoms with Crippen LogP contribution in [-0.4, -0.2) is 92.4 Å². The maximum atomic E-state index is 13.1. The first-order valence-electron chi connectivity index (χ1n) is 11.7. The van der Waals surface area contributed by atoms with Crippen molar-refractivity contribution in [3.05, 3.63) is 29.3 Å². The van der Waals surface area contributed by atoms with E-state index in [1.165, 1.54) is 11.1 Å². The average molecular weight is 448 g/mol. The SMILES string of the molecule is O=C(C1CCN([C@@H]2CCS(=O)(=O)C2)CC1)N1CCN(Cc2ccc3c(c2)CCO3)CC1. The number of amides is 1. The van der Waals surface area contributed by atoms with Gasteiger partial charge in [0.05, 0.1) is 18.1 Å². The van der Waals surface area contributed by atoms with Gasteiger partial charge in [-0.15, -0.1) is 0 Å². The first kappa shape index (κ1) is 21.2. The largest absolute Gasteiger partial charge is 0.493 e. The minimum atomic E-state index is -2.85. The van der Waals surface area contributed by atoms with Crippen LogP contribution in [0.1, 0.15) is 30.4 Å². The number of benzene rings is 1. The molecule has 31 heavy (non-hydrogen) atoms. The number of likely N-dealkylation sites (tertiary alicyclic amines) is 1. The van der Waals surface area contributed by atoms with Crippen molar-refractivity contribution in [2.24, 2.45) is 5.92 Å². The Morgan fingerprint density at radius 1 is 1.03 bits per heavy atom. The molecule has 1 aromatic rings. The van der Waals surface area contributed by atoms with Crippen LogP contribution in [0.5, 0.6) is 5.75 Å². The summed E-state index contributed by atoms with van der Waals surface area (Å²) in [5.74, 6) is 2.04. The Morgan fingerprint density at radius 2 is 1.81 bits per heavy atom. The van der Waals surface area contributed by atoms with Crippen LogP contribution in [0.3, 0.4) is 0 Å². The van der Waals surface area contributed by atoms with Crippen LogP contribution in [0.25, 0.3) is 0 Å². The van der Waals surface area contributed by atoms with Crippen molar-refractivity contribution in [1.82, 2.24) is 14.7 Å². The molecule has 0 unspecified atom stereocenters. The summed E-state index contributed by atoms with van der Waals surface area (Å²) in [6, 6.07) is 6.68. The molecule has 0 radical (unpaired) electrons. The molecular formula is C23H33N3O4S. The molecule has 0 saturated carbocycles. The molecule has 4 aliphatic rings. The smallest absolute Gasteiger partial charge is 0.225 e. The molecule has 0 spiro atoms. The Morgan fingerprint density at radius 3 is 2.52 bits per heavy atom. The number of nitrogens with zero attached hydrogens (tertiary/aromatic N) is 3. The number of carbonyl (C=O) groups is 1. The standard InChI is InChI=1S/C23H33N3O4S/c27-23(19-3-7-25(8-4-19)21-6-14-31(28,29)17-21)26-11-9-24(10-12-26)16-18-1-2-22-20(15-18)5-13-30-22/h1-2,15,19,21H,3-14,16-17H2/t21-/m1/s1. The fraction of sp³-hybridized carbons (Fsp3) is 0.696. The average Bonchev–Trinajstić information content (AvgIpc) is 3.39. The lowest BCUT2D eigenvalue weighted by Crippen LogP contribution is -2.52. The van der Waals surface area contributed by atoms with Crippen molar-refractivity contribution in [2.45, 2.75) is 38.3 Å². The highest BCUT2D eigenvalue weighted by atomic mass is 32.2. The monoisotopic (exact) mass is 447 g/mol. The van der Waals surface area contributed by atoms with E-state index >= 15 is 0 Å². The molecule has 7 nitrogen and oxygen atoms in total. The van der Waals surface area contributed by atoms with Crippen molar-refractivity contribution in [1.29, 1.82) is 0 Å². The molecular weight excluding hydrogens is 414 g/mol. The third-order valence-corrected chi connectivity index (χ3v) is 9.20. The highest BCUT2D eigenvalue weighted by Gasteiger charge is 2.36. The lowest BCUT2D eigenvalue weighted by atomic mass is 9.94. The number of piperidine rings is 1. The predicted octanol–water partition coefficient (Wildman–Crippen LogP) is 1.16. The van der Waals surface area contributed by atoms with Gasteiger partial charge in [-0.2, -0.15) is 0 Å². The van der Waals surface area contributed by atoms with Gasteiger partial charge in [-0.05, 0) is 49.5 Å². The minimum absolute atomic E-state index is 0.0949. The first-order valence-corrected chi connectivity index (χ1v) is 13.5. The lowest BCUT2D eigenvalue weighted by molar-refractivity contribution is -0.139. The number of hydrogen-bond acceptors (Lipinski definition) is 6. The van der Waals surface area contributed by atoms with Crippen LogP contribution in [0.2, 0.25) is 0 Å². The van der Waals surface area contributed by atoms with E-state index in [1.54, 1.807) is 0 Å². The zero-order valence-corrected chi connectivity index (χ0v) is 19.0. The quantitative estimate of drug-likeness (QED) is 0.690. The van der Waals surface area contributed by atoms with Gasteiger partial charge in [-0.25, -0.2) is 8.42 Å². The molecule has 0 aromatic heterocycles. The van der Waals surface area contributed by atoms with Gasteiger partial charge in [0.2, 0.25) is 5.91 Å². The van der Waals surface area contributed by atoms with Gasteiger partial charge in [-0.3, -0.25) is 14.6 Å². The van der Waals surface area contributed by atoms with Crippen LogP contribution in [0, 0.1) is 5.92 Å². The van der Waals surface area contributed by atoms with Crippen LogP contribution in [0.15, 0.2) is 18.2 Å². The zero-order valence-electron chi connectivity index (χ0n) is 18.2. The Balaban J connectivity index is 1.07. The maximum absolute atomic E-state index is 13.1. The summed E-state index contributed by atoms with van der Waals surface area (Å²) in [6.07, 6.45) is 3.46. The Labute approximate surface area is 185 Å². The molecule has 170 valence electrons. The molecule has 1 aromatic carbocycles. The molecule has 3 saturated heterocycles. The molecule has 1 amide bonds. The Kier molecular flexibility index (Phi) is 5.96. The number of piperazine rings is 1. The Hall–Kier alpha value is -1.64. The lowest BCUT2D eigenvalue weighted by Gasteiger charge is -2.39. The number of rotatable bonds is 4. The second-order valence-electron chi connectivity index (χ2n) is 9.51. The van der Waals surface area contributed by atoms with Gasteiger partial charge in [-0.1, -0.05) is 12.1 Å². The number of fused-ring (bicyclic) bond motifs is 1. The van der Waals surface area contributed by atoms with Crippen LogP contribution < -0.4 is 4.74 Å². The number of ether oxygens (including phenoxy) is 1. The molecule has 4 aliphatic heterocycles. The Bertz CT molecular complexity index is 919. The third kappa shape index (κ3) is 4.76. The minimum Gasteiger partial charge on any atom is -0.493 e. The number of sulfone groups is 1. The summed E-state index contributed by atoms with van der Waals surface area (Å²) in [5, 5.41) is 0. The molecule has 1 atom stereocenters. The molecule has 4 heterocycles. The summed E-state index contributed by atoms with van der Waals surface area (Å²) < 4.78 is 29.1. The highest BCUT2D eigenvalue weighted by Crippen LogP contribution is 2.28. The van der Waals surface area contributed by atoms with Crippen molar-refractivity contribution in [3.8, 4) is 5.75 Å². The van der Waals surface area contributed by atoms with E-state index in [4.69, 9.17) is 4.74 Å². The van der Waals surface area contributed by atoms with E-state index in [0.717, 1.165) is 83.9 Å². The molecule has 3 fully saturated rings. The van der Waals surface area contributed by atoms with E-state index in [2.05, 4.69) is 28.0 Å². The van der Waals surface area contributed by atoms with Crippen molar-refractivity contribution in [3.63, 3.8) is 0 Å². The van der Waals surface area contributed by atoms with Crippen LogP contribution in [0.4, 0.5) is 0 Å². The fourth-order valence-corrected chi connectivity index (χ4v) is 7.32. The van der Waals surface area contributed by atoms with E-state index in [-0.39, 0.29) is 12.0 Å². The molecule has 5 rings (SSSR count). The summed E-state index contributed by atoms with van der Waals surface area (Å²) in [5.41, 5.74) is 2.64. The first-order chi connectivity index (χ1) is 15.0. The summed E-state index contributed by atoms with van der Waals surface area (Å²) in [7, 11) is -2.85. The van der Waals surface area contributed by atoms with E-state index in [9.17, 15) is 13.2 Å². The summed E-state index contributed by atoms with van der Waals surface area (Å²) >= 11 is 0. The third-order valence-electron chi connectivity index (χ3n) is 7.45. The topological polar surface area (TPSA) is 70.2 Å². The van der Waals surface area contributed by atoms with Gasteiger partial charge >= 0.3 is 0 Å². The fourth-order valence-electron chi connectivity index (χ4n) is 5.56. The van der Waals surface area contributed by atoms with Gasteiger partial charge < -0.3 is 9.64 Å². The predicted molar refractivity (Wildman–Crippen MR) is 119 cm³/mol. The molecule has 8 heteroatoms. The van der Waals surface area contributed by atoms with Crippen molar-refractivity contribution < 1.29 is 17.9 Å². The van der Waals surface area contributed by atoms with Crippen molar-refractivity contribution >= 4 is 15.7 Å². The molecule has 0 bridgehead atoms. The summed E-state index contributed by atoms with van der Waals surface area (Å²) in [4.78, 5) is 19.8. The van der Waals surface area contributed by atoms with Gasteiger partial charge in [0.25, 0.3) is 0 Å². The highest BCUT2D eigenvalue weighted by molar-refractivity contribution is 7.91. The van der Waals surface area contributed by atoms with E-state index in [1.807, 2.05) is 4.90 Å². The van der Waals surface area contributed by atoms with Crippen LogP contribution in [-0.2, 0) is 27.6 Å². The van der Waals surface area contributed by atoms with E-state index < -0.39 is 9.84 Å². The molecule has 0 N–H and O–H groups in total. The zero-order chi connectivity index (χ0) is 21.4. The second-order valence-corrected chi connectivity index (χ2v) is 11.7. The summed E-state index contributed by atoms with van der Waals surface area (Å²) in [6.45, 7) is 6.84. The van der Waals surface area contributed by atoms with E-state index in [0.29, 0.717) is 17.4 Å².